The number of ether oxygens (including phenoxy) is 1. The topological polar surface area (TPSA) is 66.8 Å². The minimum atomic E-state index is -0.904. The van der Waals surface area contributed by atoms with Gasteiger partial charge in [-0.25, -0.2) is 0 Å². The number of aliphatic carboxylic acids is 1. The number of carbonyl (C=O) groups is 2. The summed E-state index contributed by atoms with van der Waals surface area (Å²) in [4.78, 5) is 26.2. The van der Waals surface area contributed by atoms with Gasteiger partial charge in [-0.2, -0.15) is 0 Å². The van der Waals surface area contributed by atoms with Crippen molar-refractivity contribution >= 4 is 17.6 Å². The van der Waals surface area contributed by atoms with Gasteiger partial charge in [-0.1, -0.05) is 18.6 Å². The van der Waals surface area contributed by atoms with Gasteiger partial charge in [-0.05, 0) is 37.1 Å². The molecule has 1 aromatic carbocycles. The van der Waals surface area contributed by atoms with Crippen LogP contribution in [-0.4, -0.2) is 30.1 Å². The Labute approximate surface area is 129 Å². The molecular weight excluding hydrogens is 282 g/mol. The van der Waals surface area contributed by atoms with Crippen LogP contribution in [-0.2, 0) is 9.59 Å². The Bertz CT molecular complexity index is 649. The number of amides is 1. The Hall–Kier alpha value is -2.30. The maximum Gasteiger partial charge on any atom is 0.309 e. The molecule has 5 heteroatoms. The Morgan fingerprint density at radius 1 is 1.27 bits per heavy atom. The first kappa shape index (κ1) is 14.6. The second-order valence-electron chi connectivity index (χ2n) is 6.01. The highest BCUT2D eigenvalue weighted by Gasteiger charge is 2.56. The molecule has 1 N–H and O–H groups in total. The summed E-state index contributed by atoms with van der Waals surface area (Å²) in [7, 11) is 1.58. The second kappa shape index (κ2) is 5.16. The first-order valence-corrected chi connectivity index (χ1v) is 7.34. The van der Waals surface area contributed by atoms with Crippen LogP contribution >= 0.6 is 0 Å². The molecule has 4 atom stereocenters. The van der Waals surface area contributed by atoms with Gasteiger partial charge in [0.05, 0.1) is 25.0 Å². The molecule has 1 saturated heterocycles. The van der Waals surface area contributed by atoms with E-state index in [0.717, 1.165) is 5.57 Å². The molecule has 1 heterocycles. The number of hydrogen-bond acceptors (Lipinski definition) is 3. The third-order valence-corrected chi connectivity index (χ3v) is 4.72. The molecule has 5 nitrogen and oxygen atoms in total. The summed E-state index contributed by atoms with van der Waals surface area (Å²) in [5.74, 6) is -1.55. The van der Waals surface area contributed by atoms with Gasteiger partial charge in [0, 0.05) is 5.69 Å². The Balaban J connectivity index is 2.06. The standard InChI is InChI=1S/C17H19NO4/c1-9-8-10(2)15-14(17(20)21)13(9)16(19)18(15)11-4-6-12(22-3)7-5-11/h4-9,13-15H,1-3H3,(H,20,21). The van der Waals surface area contributed by atoms with E-state index in [9.17, 15) is 14.7 Å². The summed E-state index contributed by atoms with van der Waals surface area (Å²) in [6.07, 6.45) is 2.02. The van der Waals surface area contributed by atoms with Crippen LogP contribution in [0.5, 0.6) is 5.75 Å². The Kier molecular flexibility index (Phi) is 3.43. The van der Waals surface area contributed by atoms with Gasteiger partial charge in [0.15, 0.2) is 0 Å². The van der Waals surface area contributed by atoms with Gasteiger partial charge in [0.2, 0.25) is 5.91 Å². The largest absolute Gasteiger partial charge is 0.497 e. The molecule has 1 aromatic rings. The van der Waals surface area contributed by atoms with Crippen LogP contribution in [0.4, 0.5) is 5.69 Å². The molecule has 116 valence electrons. The number of allylic oxidation sites excluding steroid dienone is 1. The van der Waals surface area contributed by atoms with Crippen molar-refractivity contribution < 1.29 is 19.4 Å². The van der Waals surface area contributed by atoms with E-state index in [1.807, 2.05) is 19.9 Å². The molecule has 4 unspecified atom stereocenters. The number of nitrogens with zero attached hydrogens (tertiary/aromatic N) is 1. The molecule has 0 radical (unpaired) electrons. The van der Waals surface area contributed by atoms with E-state index < -0.39 is 23.8 Å². The number of methoxy groups -OCH3 is 1. The van der Waals surface area contributed by atoms with Crippen molar-refractivity contribution in [3.63, 3.8) is 0 Å². The normalized spacial score (nSPS) is 30.2. The predicted octanol–water partition coefficient (Wildman–Crippen LogP) is 2.32. The lowest BCUT2D eigenvalue weighted by Crippen LogP contribution is -2.39. The molecule has 2 aliphatic rings. The average Bonchev–Trinajstić information content (AvgIpc) is 2.76. The summed E-state index contributed by atoms with van der Waals surface area (Å²) in [5, 5.41) is 9.59. The van der Waals surface area contributed by atoms with E-state index in [4.69, 9.17) is 4.74 Å². The van der Waals surface area contributed by atoms with E-state index in [-0.39, 0.29) is 11.8 Å². The van der Waals surface area contributed by atoms with Crippen LogP contribution in [0.25, 0.3) is 0 Å². The third-order valence-electron chi connectivity index (χ3n) is 4.72. The maximum absolute atomic E-state index is 12.8. The van der Waals surface area contributed by atoms with Gasteiger partial charge in [0.25, 0.3) is 0 Å². The zero-order valence-electron chi connectivity index (χ0n) is 12.8. The predicted molar refractivity (Wildman–Crippen MR) is 81.8 cm³/mol. The van der Waals surface area contributed by atoms with Crippen molar-refractivity contribution in [3.8, 4) is 5.75 Å². The third kappa shape index (κ3) is 2.00. The van der Waals surface area contributed by atoms with Crippen molar-refractivity contribution in [2.24, 2.45) is 17.8 Å². The zero-order chi connectivity index (χ0) is 16.0. The molecule has 1 aliphatic carbocycles. The number of benzene rings is 1. The van der Waals surface area contributed by atoms with E-state index in [1.54, 1.807) is 36.3 Å². The molecule has 22 heavy (non-hydrogen) atoms. The minimum Gasteiger partial charge on any atom is -0.497 e. The highest BCUT2D eigenvalue weighted by Crippen LogP contribution is 2.46. The fourth-order valence-corrected chi connectivity index (χ4v) is 3.78. The van der Waals surface area contributed by atoms with E-state index in [2.05, 4.69) is 0 Å². The minimum absolute atomic E-state index is 0.0619. The summed E-state index contributed by atoms with van der Waals surface area (Å²) in [6.45, 7) is 3.82. The maximum atomic E-state index is 12.8. The lowest BCUT2D eigenvalue weighted by Gasteiger charge is -2.30. The van der Waals surface area contributed by atoms with Crippen LogP contribution in [0.3, 0.4) is 0 Å². The van der Waals surface area contributed by atoms with Gasteiger partial charge in [0.1, 0.15) is 5.75 Å². The highest BCUT2D eigenvalue weighted by atomic mass is 16.5. The Morgan fingerprint density at radius 3 is 2.45 bits per heavy atom. The number of hydrogen-bond donors (Lipinski definition) is 1. The fraction of sp³-hybridized carbons (Fsp3) is 0.412. The van der Waals surface area contributed by atoms with Crippen LogP contribution in [0.1, 0.15) is 13.8 Å². The summed E-state index contributed by atoms with van der Waals surface area (Å²) >= 11 is 0. The van der Waals surface area contributed by atoms with E-state index in [1.165, 1.54) is 0 Å². The zero-order valence-corrected chi connectivity index (χ0v) is 12.8. The van der Waals surface area contributed by atoms with Crippen molar-refractivity contribution in [2.45, 2.75) is 19.9 Å². The summed E-state index contributed by atoms with van der Waals surface area (Å²) in [5.41, 5.74) is 1.66. The van der Waals surface area contributed by atoms with Gasteiger partial charge >= 0.3 is 5.97 Å². The number of anilines is 1. The molecule has 0 saturated carbocycles. The number of carboxylic acid groups (broad SMARTS) is 1. The first-order chi connectivity index (χ1) is 10.5. The molecule has 1 fully saturated rings. The Morgan fingerprint density at radius 2 is 1.91 bits per heavy atom. The second-order valence-corrected chi connectivity index (χ2v) is 6.01. The monoisotopic (exact) mass is 301 g/mol. The molecule has 1 aliphatic heterocycles. The number of rotatable bonds is 3. The molecule has 0 aromatic heterocycles. The smallest absolute Gasteiger partial charge is 0.309 e. The van der Waals surface area contributed by atoms with Gasteiger partial charge in [-0.15, -0.1) is 0 Å². The average molecular weight is 301 g/mol. The van der Waals surface area contributed by atoms with Crippen LogP contribution in [0.15, 0.2) is 35.9 Å². The summed E-state index contributed by atoms with van der Waals surface area (Å²) < 4.78 is 5.13. The number of carboxylic acids is 1. The molecule has 3 rings (SSSR count). The highest BCUT2D eigenvalue weighted by molar-refractivity contribution is 6.03. The molecular formula is C17H19NO4. The van der Waals surface area contributed by atoms with Crippen LogP contribution in [0, 0.1) is 17.8 Å². The fourth-order valence-electron chi connectivity index (χ4n) is 3.78. The molecule has 2 bridgehead atoms. The van der Waals surface area contributed by atoms with Crippen molar-refractivity contribution in [1.82, 2.24) is 0 Å². The SMILES string of the molecule is COc1ccc(N2C(=O)C3C(C)C=C(C)C2C3C(=O)O)cc1. The first-order valence-electron chi connectivity index (χ1n) is 7.34. The van der Waals surface area contributed by atoms with Crippen molar-refractivity contribution in [2.75, 3.05) is 12.0 Å². The summed E-state index contributed by atoms with van der Waals surface area (Å²) in [6, 6.07) is 6.76. The van der Waals surface area contributed by atoms with Gasteiger partial charge < -0.3 is 14.7 Å². The number of fused-ring (bicyclic) bond motifs is 2. The van der Waals surface area contributed by atoms with Gasteiger partial charge in [-0.3, -0.25) is 9.59 Å². The van der Waals surface area contributed by atoms with E-state index >= 15 is 0 Å². The van der Waals surface area contributed by atoms with E-state index in [0.29, 0.717) is 11.4 Å². The lowest BCUT2D eigenvalue weighted by molar-refractivity contribution is -0.145. The van der Waals surface area contributed by atoms with Crippen LogP contribution in [0.2, 0.25) is 0 Å². The molecule has 0 spiro atoms. The van der Waals surface area contributed by atoms with Crippen molar-refractivity contribution in [1.29, 1.82) is 0 Å². The quantitative estimate of drug-likeness (QED) is 0.870. The van der Waals surface area contributed by atoms with Crippen molar-refractivity contribution in [3.05, 3.63) is 35.9 Å². The van der Waals surface area contributed by atoms with Crippen LogP contribution < -0.4 is 9.64 Å². The number of carbonyl (C=O) groups excluding carboxylic acids is 1. The lowest BCUT2D eigenvalue weighted by atomic mass is 9.74. The molecule has 1 amide bonds.